The molecule has 3 N–H and O–H groups in total. The highest BCUT2D eigenvalue weighted by atomic mass is 28.4. The quantitative estimate of drug-likeness (QED) is 0.0513. The van der Waals surface area contributed by atoms with Crippen LogP contribution in [0, 0.1) is 16.7 Å². The van der Waals surface area contributed by atoms with Crippen LogP contribution in [0.15, 0.2) is 53.1 Å². The molecule has 368 valence electrons. The Kier molecular flexibility index (Phi) is 15.5. The minimum atomic E-state index is -2.84. The third-order valence-electron chi connectivity index (χ3n) is 16.5. The maximum absolute atomic E-state index is 16.2. The van der Waals surface area contributed by atoms with E-state index in [2.05, 4.69) is 5.32 Å². The summed E-state index contributed by atoms with van der Waals surface area (Å²) in [5, 5.41) is 29.6. The smallest absolute Gasteiger partial charge is 0.337 e. The number of ether oxygens (including phenoxy) is 4. The summed E-state index contributed by atoms with van der Waals surface area (Å²) in [7, 11) is -5.60. The third-order valence-corrected chi connectivity index (χ3v) is 25.6. The summed E-state index contributed by atoms with van der Waals surface area (Å²) in [5.74, 6) is -4.49. The molecule has 4 aliphatic rings. The molecule has 1 aromatic rings. The van der Waals surface area contributed by atoms with Crippen LogP contribution in [0.25, 0.3) is 0 Å². The second kappa shape index (κ2) is 19.1. The van der Waals surface area contributed by atoms with Gasteiger partial charge in [-0.25, -0.2) is 4.79 Å². The number of carbonyl (C=O) groups excluding carboxylic acids is 5. The van der Waals surface area contributed by atoms with Crippen LogP contribution < -0.4 is 5.32 Å². The van der Waals surface area contributed by atoms with Gasteiger partial charge in [-0.3, -0.25) is 19.2 Å². The number of hydrogen-bond donors (Lipinski definition) is 3. The van der Waals surface area contributed by atoms with E-state index >= 15 is 9.59 Å². The number of carbonyl (C=O) groups is 5. The Balaban J connectivity index is 1.80. The summed E-state index contributed by atoms with van der Waals surface area (Å²) < 4.78 is 39.1. The minimum Gasteiger partial charge on any atom is -0.461 e. The van der Waals surface area contributed by atoms with Crippen molar-refractivity contribution in [2.75, 3.05) is 6.61 Å². The molecule has 1 unspecified atom stereocenters. The highest BCUT2D eigenvalue weighted by Gasteiger charge is 2.78. The summed E-state index contributed by atoms with van der Waals surface area (Å²) in [4.78, 5) is 71.3. The number of benzene rings is 1. The minimum absolute atomic E-state index is 0.0225. The van der Waals surface area contributed by atoms with E-state index in [9.17, 15) is 24.6 Å². The van der Waals surface area contributed by atoms with Gasteiger partial charge < -0.3 is 43.3 Å². The maximum Gasteiger partial charge on any atom is 0.337 e. The van der Waals surface area contributed by atoms with E-state index in [0.717, 1.165) is 0 Å². The number of nitrogens with one attached hydrogen (secondary N) is 1. The van der Waals surface area contributed by atoms with Gasteiger partial charge in [0.15, 0.2) is 34.1 Å². The molecule has 11 atom stereocenters. The molecule has 0 spiro atoms. The number of aliphatic hydroxyl groups excluding tert-OH is 1. The zero-order valence-corrected chi connectivity index (χ0v) is 44.2. The number of allylic oxidation sites excluding steroid dienone is 1. The van der Waals surface area contributed by atoms with Gasteiger partial charge in [0.1, 0.15) is 30.0 Å². The molecule has 0 aromatic heterocycles. The van der Waals surface area contributed by atoms with Crippen molar-refractivity contribution in [1.82, 2.24) is 5.32 Å². The number of hydrogen-bond acceptors (Lipinski definition) is 13. The highest BCUT2D eigenvalue weighted by molar-refractivity contribution is 6.74. The van der Waals surface area contributed by atoms with Gasteiger partial charge in [-0.05, 0) is 80.7 Å². The van der Waals surface area contributed by atoms with Crippen molar-refractivity contribution in [3.05, 3.63) is 58.7 Å². The zero-order valence-electron chi connectivity index (χ0n) is 42.2. The van der Waals surface area contributed by atoms with Crippen LogP contribution in [0.3, 0.4) is 0 Å². The van der Waals surface area contributed by atoms with Crippen LogP contribution in [-0.4, -0.2) is 111 Å². The van der Waals surface area contributed by atoms with Crippen molar-refractivity contribution in [3.63, 3.8) is 0 Å². The monoisotopic (exact) mass is 955 g/mol. The van der Waals surface area contributed by atoms with Crippen LogP contribution in [0.1, 0.15) is 121 Å². The predicted octanol–water partition coefficient (Wildman–Crippen LogP) is 7.58. The fourth-order valence-electron chi connectivity index (χ4n) is 10.9. The molecule has 5 rings (SSSR count). The Hall–Kier alpha value is -3.52. The standard InChI is InChI=1S/C50H77NO13Si2/c1-17-29(5)44(56)51-38(33-24-22-21-23-25-33)40(63-65(15,16)46(9,10)11)45(57)61-34-27-50(58)43(55)41-48(14,35(60-31(7)52)26-36-49(41,28-59-36)62-32(8)53)42(54)39(37(30(34)6)47(50,12)13)64-66(18-2,19-3)20-4/h17,21-25,34-36,38-41,43,55,58H,18-20,26-28H2,1-16H3,(H,51,56)/b29-17+/t34-,35-,36+,38-,39+,40+,41?,43-,48+,49-,50+/m0/s1. The van der Waals surface area contributed by atoms with Gasteiger partial charge in [-0.2, -0.15) is 0 Å². The van der Waals surface area contributed by atoms with Gasteiger partial charge in [0.25, 0.3) is 0 Å². The van der Waals surface area contributed by atoms with Crippen molar-refractivity contribution in [3.8, 4) is 0 Å². The Morgan fingerprint density at radius 3 is 2.05 bits per heavy atom. The molecular formula is C50H77NO13Si2. The lowest BCUT2D eigenvalue weighted by atomic mass is 9.44. The van der Waals surface area contributed by atoms with Crippen LogP contribution in [0.5, 0.6) is 0 Å². The second-order valence-electron chi connectivity index (χ2n) is 21.4. The molecule has 3 aliphatic carbocycles. The Labute approximate surface area is 394 Å². The molecular weight excluding hydrogens is 879 g/mol. The van der Waals surface area contributed by atoms with E-state index < -0.39 is 117 Å². The molecule has 0 radical (unpaired) electrons. The van der Waals surface area contributed by atoms with Crippen LogP contribution >= 0.6 is 0 Å². The average molecular weight is 956 g/mol. The molecule has 1 heterocycles. The van der Waals surface area contributed by atoms with E-state index in [0.29, 0.717) is 40.4 Å². The van der Waals surface area contributed by atoms with Crippen molar-refractivity contribution >= 4 is 46.2 Å². The fourth-order valence-corrected chi connectivity index (χ4v) is 14.9. The van der Waals surface area contributed by atoms with E-state index in [1.165, 1.54) is 13.8 Å². The number of esters is 3. The number of rotatable bonds is 15. The molecule has 16 heteroatoms. The number of Topliss-reactive ketones (excluding diaryl/α,β-unsaturated/α-hetero) is 1. The van der Waals surface area contributed by atoms with E-state index in [4.69, 9.17) is 27.8 Å². The van der Waals surface area contributed by atoms with Gasteiger partial charge >= 0.3 is 17.9 Å². The van der Waals surface area contributed by atoms with Crippen molar-refractivity contribution in [2.45, 2.75) is 200 Å². The lowest BCUT2D eigenvalue weighted by Gasteiger charge is -2.67. The Bertz CT molecular complexity index is 2080. The SMILES string of the molecule is C/C=C(\C)C(=O)N[C@@H](c1ccccc1)[C@@H](O[Si](C)(C)C(C)(C)C)C(=O)O[C@H]1C[C@@]2(O)[C@@H](O)C3[C@](C)(C(=O)[C@H](O[Si](CC)(CC)CC)C(=C1C)C2(C)C)[C@@H](OC(C)=O)C[C@H]1OC[C@@]31OC(C)=O. The summed E-state index contributed by atoms with van der Waals surface area (Å²) in [6.45, 7) is 28.8. The topological polar surface area (TPSA) is 193 Å². The molecule has 3 fully saturated rings. The van der Waals surface area contributed by atoms with Gasteiger partial charge in [-0.1, -0.05) is 91.8 Å². The second-order valence-corrected chi connectivity index (χ2v) is 30.9. The van der Waals surface area contributed by atoms with Crippen LogP contribution in [-0.2, 0) is 51.8 Å². The highest BCUT2D eigenvalue weighted by Crippen LogP contribution is 2.64. The van der Waals surface area contributed by atoms with Crippen molar-refractivity contribution in [1.29, 1.82) is 0 Å². The van der Waals surface area contributed by atoms with Gasteiger partial charge in [0.05, 0.1) is 24.2 Å². The van der Waals surface area contributed by atoms with E-state index in [1.807, 2.05) is 72.8 Å². The maximum atomic E-state index is 16.2. The van der Waals surface area contributed by atoms with Crippen molar-refractivity contribution < 1.29 is 62.0 Å². The number of ketones is 1. The van der Waals surface area contributed by atoms with E-state index in [-0.39, 0.29) is 24.5 Å². The molecule has 1 saturated heterocycles. The zero-order chi connectivity index (χ0) is 49.7. The Morgan fingerprint density at radius 1 is 0.970 bits per heavy atom. The summed E-state index contributed by atoms with van der Waals surface area (Å²) in [6, 6.07) is 9.98. The predicted molar refractivity (Wildman–Crippen MR) is 254 cm³/mol. The number of aliphatic hydroxyl groups is 2. The number of fused-ring (bicyclic) bond motifs is 5. The molecule has 1 aliphatic heterocycles. The summed E-state index contributed by atoms with van der Waals surface area (Å²) in [5.41, 5.74) is -5.25. The van der Waals surface area contributed by atoms with Crippen LogP contribution in [0.4, 0.5) is 0 Å². The summed E-state index contributed by atoms with van der Waals surface area (Å²) >= 11 is 0. The van der Waals surface area contributed by atoms with E-state index in [1.54, 1.807) is 59.8 Å². The molecule has 14 nitrogen and oxygen atoms in total. The molecule has 1 aromatic carbocycles. The van der Waals surface area contributed by atoms with Gasteiger partial charge in [-0.15, -0.1) is 0 Å². The Morgan fingerprint density at radius 2 is 1.56 bits per heavy atom. The first-order valence-electron chi connectivity index (χ1n) is 23.7. The van der Waals surface area contributed by atoms with Crippen LogP contribution in [0.2, 0.25) is 36.3 Å². The fraction of sp³-hybridized carbons (Fsp3) is 0.700. The first kappa shape index (κ1) is 53.4. The normalized spacial score (nSPS) is 32.0. The first-order valence-corrected chi connectivity index (χ1v) is 29.1. The summed E-state index contributed by atoms with van der Waals surface area (Å²) in [6.07, 6.45) is -6.66. The largest absolute Gasteiger partial charge is 0.461 e. The molecule has 1 amide bonds. The van der Waals surface area contributed by atoms with Gasteiger partial charge in [0, 0.05) is 43.6 Å². The molecule has 2 saturated carbocycles. The lowest BCUT2D eigenvalue weighted by Crippen LogP contribution is -2.81. The number of amides is 1. The molecule has 66 heavy (non-hydrogen) atoms. The average Bonchev–Trinajstić information content (AvgIpc) is 3.24. The lowest BCUT2D eigenvalue weighted by molar-refractivity contribution is -0.347. The molecule has 2 bridgehead atoms. The first-order chi connectivity index (χ1) is 30.5. The third kappa shape index (κ3) is 9.08. The van der Waals surface area contributed by atoms with Gasteiger partial charge in [0.2, 0.25) is 5.91 Å². The van der Waals surface area contributed by atoms with Crippen molar-refractivity contribution in [2.24, 2.45) is 16.7 Å².